The summed E-state index contributed by atoms with van der Waals surface area (Å²) >= 11 is 1.70. The highest BCUT2D eigenvalue weighted by atomic mass is 32.1. The first-order valence-electron chi connectivity index (χ1n) is 4.12. The maximum atomic E-state index is 10.9. The van der Waals surface area contributed by atoms with Gasteiger partial charge in [-0.25, -0.2) is 4.98 Å². The molecule has 0 bridgehead atoms. The van der Waals surface area contributed by atoms with E-state index in [2.05, 4.69) is 10.3 Å². The maximum absolute atomic E-state index is 10.9. The van der Waals surface area contributed by atoms with Gasteiger partial charge in [-0.2, -0.15) is 0 Å². The lowest BCUT2D eigenvalue weighted by molar-refractivity contribution is -0.115. The van der Waals surface area contributed by atoms with E-state index >= 15 is 0 Å². The number of rotatable bonds is 1. The van der Waals surface area contributed by atoms with Crippen molar-refractivity contribution in [3.63, 3.8) is 0 Å². The van der Waals surface area contributed by atoms with Crippen LogP contribution in [0.1, 0.15) is 28.6 Å². The summed E-state index contributed by atoms with van der Waals surface area (Å²) in [6.07, 6.45) is 3.10. The molecule has 0 atom stereocenters. The summed E-state index contributed by atoms with van der Waals surface area (Å²) in [5, 5.41) is 3.98. The Kier molecular flexibility index (Phi) is 1.14. The number of carbonyl (C=O) groups excluding carboxylic acids is 1. The van der Waals surface area contributed by atoms with Crippen molar-refractivity contribution in [1.29, 1.82) is 0 Å². The molecule has 1 saturated carbocycles. The molecule has 1 fully saturated rings. The lowest BCUT2D eigenvalue weighted by atomic mass is 10.4. The van der Waals surface area contributed by atoms with Crippen LogP contribution in [0.2, 0.25) is 0 Å². The molecule has 2 aliphatic rings. The summed E-state index contributed by atoms with van der Waals surface area (Å²) in [6.45, 7) is 0. The second-order valence-corrected chi connectivity index (χ2v) is 4.44. The van der Waals surface area contributed by atoms with Gasteiger partial charge in [0.1, 0.15) is 5.82 Å². The monoisotopic (exact) mass is 180 g/mol. The van der Waals surface area contributed by atoms with Crippen LogP contribution in [-0.4, -0.2) is 10.9 Å². The van der Waals surface area contributed by atoms with Crippen LogP contribution in [0.15, 0.2) is 0 Å². The fourth-order valence-corrected chi connectivity index (χ4v) is 2.60. The van der Waals surface area contributed by atoms with Crippen LogP contribution < -0.4 is 5.32 Å². The summed E-state index contributed by atoms with van der Waals surface area (Å²) in [5.41, 5.74) is 0. The van der Waals surface area contributed by atoms with Gasteiger partial charge in [-0.05, 0) is 12.8 Å². The highest BCUT2D eigenvalue weighted by Crippen LogP contribution is 2.44. The Hall–Kier alpha value is -0.900. The molecule has 1 aliphatic heterocycles. The molecule has 12 heavy (non-hydrogen) atoms. The van der Waals surface area contributed by atoms with Gasteiger partial charge in [0.2, 0.25) is 5.91 Å². The van der Waals surface area contributed by atoms with E-state index in [0.717, 1.165) is 10.7 Å². The normalized spacial score (nSPS) is 20.8. The van der Waals surface area contributed by atoms with E-state index in [1.165, 1.54) is 17.8 Å². The van der Waals surface area contributed by atoms with E-state index in [4.69, 9.17) is 0 Å². The first-order chi connectivity index (χ1) is 5.83. The van der Waals surface area contributed by atoms with E-state index < -0.39 is 0 Å². The number of carbonyl (C=O) groups is 1. The van der Waals surface area contributed by atoms with Gasteiger partial charge in [-0.15, -0.1) is 11.3 Å². The molecule has 0 radical (unpaired) electrons. The smallest absolute Gasteiger partial charge is 0.230 e. The molecule has 1 aromatic rings. The molecule has 1 N–H and O–H groups in total. The van der Waals surface area contributed by atoms with E-state index in [1.54, 1.807) is 11.3 Å². The zero-order chi connectivity index (χ0) is 8.13. The molecule has 2 heterocycles. The van der Waals surface area contributed by atoms with Crippen molar-refractivity contribution in [2.45, 2.75) is 25.2 Å². The van der Waals surface area contributed by atoms with Gasteiger partial charge in [-0.1, -0.05) is 0 Å². The predicted molar refractivity (Wildman–Crippen MR) is 46.4 cm³/mol. The third-order valence-electron chi connectivity index (χ3n) is 2.22. The van der Waals surface area contributed by atoms with Crippen molar-refractivity contribution in [1.82, 2.24) is 4.98 Å². The van der Waals surface area contributed by atoms with E-state index in [-0.39, 0.29) is 5.91 Å². The summed E-state index contributed by atoms with van der Waals surface area (Å²) < 4.78 is 0. The lowest BCUT2D eigenvalue weighted by Gasteiger charge is -1.89. The van der Waals surface area contributed by atoms with E-state index in [0.29, 0.717) is 12.3 Å². The first-order valence-corrected chi connectivity index (χ1v) is 4.94. The summed E-state index contributed by atoms with van der Waals surface area (Å²) in [7, 11) is 0. The van der Waals surface area contributed by atoms with Gasteiger partial charge in [0.15, 0.2) is 0 Å². The number of nitrogens with zero attached hydrogens (tertiary/aromatic N) is 1. The second kappa shape index (κ2) is 2.07. The molecular weight excluding hydrogens is 172 g/mol. The Balaban J connectivity index is 1.99. The fraction of sp³-hybridized carbons (Fsp3) is 0.500. The highest BCUT2D eigenvalue weighted by Gasteiger charge is 2.31. The first kappa shape index (κ1) is 6.60. The van der Waals surface area contributed by atoms with E-state index in [1.807, 2.05) is 0 Å². The lowest BCUT2D eigenvalue weighted by Crippen LogP contribution is -2.05. The molecule has 0 unspecified atom stereocenters. The Morgan fingerprint density at radius 3 is 3.00 bits per heavy atom. The molecule has 1 amide bonds. The number of hydrogen-bond donors (Lipinski definition) is 1. The van der Waals surface area contributed by atoms with Crippen LogP contribution >= 0.6 is 11.3 Å². The minimum absolute atomic E-state index is 0.0890. The molecule has 0 spiro atoms. The van der Waals surface area contributed by atoms with Gasteiger partial charge in [-0.3, -0.25) is 4.79 Å². The van der Waals surface area contributed by atoms with Crippen molar-refractivity contribution in [3.05, 3.63) is 9.88 Å². The number of fused-ring (bicyclic) bond motifs is 1. The van der Waals surface area contributed by atoms with Crippen LogP contribution in [0, 0.1) is 0 Å². The Bertz CT molecular complexity index is 328. The third-order valence-corrected chi connectivity index (χ3v) is 3.44. The zero-order valence-electron chi connectivity index (χ0n) is 6.46. The molecule has 1 aliphatic carbocycles. The molecule has 0 aromatic carbocycles. The minimum atomic E-state index is 0.0890. The van der Waals surface area contributed by atoms with E-state index in [9.17, 15) is 4.79 Å². The number of thiazole rings is 1. The number of amides is 1. The minimum Gasteiger partial charge on any atom is -0.309 e. The van der Waals surface area contributed by atoms with Crippen molar-refractivity contribution in [2.75, 3.05) is 5.32 Å². The van der Waals surface area contributed by atoms with Gasteiger partial charge in [0.05, 0.1) is 16.3 Å². The van der Waals surface area contributed by atoms with Gasteiger partial charge in [0.25, 0.3) is 0 Å². The summed E-state index contributed by atoms with van der Waals surface area (Å²) in [4.78, 5) is 16.4. The van der Waals surface area contributed by atoms with Crippen molar-refractivity contribution >= 4 is 23.1 Å². The average Bonchev–Trinajstić information content (AvgIpc) is 2.69. The quantitative estimate of drug-likeness (QED) is 0.711. The molecular formula is C8H8N2OS. The largest absolute Gasteiger partial charge is 0.309 e. The van der Waals surface area contributed by atoms with Gasteiger partial charge < -0.3 is 5.32 Å². The molecule has 3 rings (SSSR count). The molecule has 62 valence electrons. The zero-order valence-corrected chi connectivity index (χ0v) is 7.28. The fourth-order valence-electron chi connectivity index (χ4n) is 1.41. The highest BCUT2D eigenvalue weighted by molar-refractivity contribution is 7.12. The van der Waals surface area contributed by atoms with Crippen molar-refractivity contribution in [3.8, 4) is 0 Å². The number of aromatic nitrogens is 1. The summed E-state index contributed by atoms with van der Waals surface area (Å²) in [6, 6.07) is 0. The maximum Gasteiger partial charge on any atom is 0.230 e. The number of hydrogen-bond acceptors (Lipinski definition) is 3. The van der Waals surface area contributed by atoms with Crippen LogP contribution in [0.4, 0.5) is 5.82 Å². The van der Waals surface area contributed by atoms with Crippen LogP contribution in [-0.2, 0) is 11.2 Å². The van der Waals surface area contributed by atoms with Crippen molar-refractivity contribution in [2.24, 2.45) is 0 Å². The van der Waals surface area contributed by atoms with Gasteiger partial charge >= 0.3 is 0 Å². The molecule has 3 nitrogen and oxygen atoms in total. The Labute approximate surface area is 73.8 Å². The van der Waals surface area contributed by atoms with Gasteiger partial charge in [0, 0.05) is 5.92 Å². The predicted octanol–water partition coefficient (Wildman–Crippen LogP) is 1.52. The Morgan fingerprint density at radius 2 is 2.33 bits per heavy atom. The second-order valence-electron chi connectivity index (χ2n) is 3.32. The topological polar surface area (TPSA) is 42.0 Å². The molecule has 1 aromatic heterocycles. The molecule has 0 saturated heterocycles. The number of anilines is 1. The van der Waals surface area contributed by atoms with Crippen LogP contribution in [0.5, 0.6) is 0 Å². The summed E-state index contributed by atoms with van der Waals surface area (Å²) in [5.74, 6) is 1.62. The van der Waals surface area contributed by atoms with Crippen molar-refractivity contribution < 1.29 is 4.79 Å². The standard InChI is InChI=1S/C8H8N2OS/c11-6-3-5-7(9-6)10-8(12-5)4-1-2-4/h4H,1-3H2,(H,9,11). The number of nitrogens with one attached hydrogen (secondary N) is 1. The van der Waals surface area contributed by atoms with Crippen LogP contribution in [0.25, 0.3) is 0 Å². The average molecular weight is 180 g/mol. The SMILES string of the molecule is O=C1Cc2sc(C3CC3)nc2N1. The molecule has 4 heteroatoms. The Morgan fingerprint density at radius 1 is 1.50 bits per heavy atom. The van der Waals surface area contributed by atoms with Crippen LogP contribution in [0.3, 0.4) is 0 Å². The third kappa shape index (κ3) is 0.876.